The van der Waals surface area contributed by atoms with Gasteiger partial charge in [-0.05, 0) is 31.6 Å². The van der Waals surface area contributed by atoms with Crippen molar-refractivity contribution in [2.75, 3.05) is 6.61 Å². The van der Waals surface area contributed by atoms with Crippen LogP contribution in [0.25, 0.3) is 0 Å². The molecule has 19 heavy (non-hydrogen) atoms. The average Bonchev–Trinajstić information content (AvgIpc) is 2.63. The maximum atomic E-state index is 11.2. The summed E-state index contributed by atoms with van der Waals surface area (Å²) in [6.45, 7) is 4.41. The molecule has 0 amide bonds. The monoisotopic (exact) mass is 264 g/mol. The highest BCUT2D eigenvalue weighted by Crippen LogP contribution is 2.27. The van der Waals surface area contributed by atoms with Crippen LogP contribution >= 0.6 is 0 Å². The SMILES string of the molecule is Cc1nn(C)c(OCC2CC=CCC2C)c1C(=O)O. The van der Waals surface area contributed by atoms with Crippen LogP contribution in [0.5, 0.6) is 5.88 Å². The number of hydrogen-bond donors (Lipinski definition) is 1. The lowest BCUT2D eigenvalue weighted by Crippen LogP contribution is -2.22. The van der Waals surface area contributed by atoms with Crippen molar-refractivity contribution in [3.05, 3.63) is 23.4 Å². The molecule has 1 aromatic heterocycles. The molecular formula is C14H20N2O3. The van der Waals surface area contributed by atoms with Gasteiger partial charge in [-0.25, -0.2) is 9.48 Å². The predicted octanol–water partition coefficient (Wildman–Crippen LogP) is 2.41. The van der Waals surface area contributed by atoms with Crippen molar-refractivity contribution in [2.45, 2.75) is 26.7 Å². The van der Waals surface area contributed by atoms with Crippen molar-refractivity contribution in [1.29, 1.82) is 0 Å². The summed E-state index contributed by atoms with van der Waals surface area (Å²) in [5, 5.41) is 13.3. The van der Waals surface area contributed by atoms with Gasteiger partial charge in [0.2, 0.25) is 5.88 Å². The Morgan fingerprint density at radius 2 is 2.21 bits per heavy atom. The first-order chi connectivity index (χ1) is 9.00. The zero-order valence-corrected chi connectivity index (χ0v) is 11.6. The first-order valence-corrected chi connectivity index (χ1v) is 6.55. The van der Waals surface area contributed by atoms with Crippen molar-refractivity contribution in [1.82, 2.24) is 9.78 Å². The molecule has 0 bridgehead atoms. The van der Waals surface area contributed by atoms with Gasteiger partial charge in [-0.2, -0.15) is 5.10 Å². The molecule has 5 heteroatoms. The van der Waals surface area contributed by atoms with E-state index < -0.39 is 5.97 Å². The van der Waals surface area contributed by atoms with Gasteiger partial charge in [0, 0.05) is 7.05 Å². The molecule has 0 fully saturated rings. The highest BCUT2D eigenvalue weighted by molar-refractivity contribution is 5.91. The molecule has 0 aromatic carbocycles. The topological polar surface area (TPSA) is 64.4 Å². The lowest BCUT2D eigenvalue weighted by Gasteiger charge is -2.25. The van der Waals surface area contributed by atoms with Crippen LogP contribution in [0.2, 0.25) is 0 Å². The maximum absolute atomic E-state index is 11.2. The van der Waals surface area contributed by atoms with Gasteiger partial charge in [0.05, 0.1) is 12.3 Å². The Morgan fingerprint density at radius 3 is 2.84 bits per heavy atom. The van der Waals surface area contributed by atoms with Crippen molar-refractivity contribution >= 4 is 5.97 Å². The fourth-order valence-electron chi connectivity index (χ4n) is 2.47. The van der Waals surface area contributed by atoms with Gasteiger partial charge in [-0.15, -0.1) is 0 Å². The number of carboxylic acid groups (broad SMARTS) is 1. The number of nitrogens with zero attached hydrogens (tertiary/aromatic N) is 2. The van der Waals surface area contributed by atoms with Crippen LogP contribution in [0, 0.1) is 18.8 Å². The summed E-state index contributed by atoms with van der Waals surface area (Å²) in [7, 11) is 1.71. The number of ether oxygens (including phenoxy) is 1. The maximum Gasteiger partial charge on any atom is 0.343 e. The molecule has 2 unspecified atom stereocenters. The van der Waals surface area contributed by atoms with Crippen molar-refractivity contribution in [2.24, 2.45) is 18.9 Å². The normalized spacial score (nSPS) is 22.5. The molecule has 2 atom stereocenters. The fourth-order valence-corrected chi connectivity index (χ4v) is 2.47. The van der Waals surface area contributed by atoms with Crippen LogP contribution in [0.3, 0.4) is 0 Å². The smallest absolute Gasteiger partial charge is 0.343 e. The quantitative estimate of drug-likeness (QED) is 0.848. The molecule has 104 valence electrons. The molecule has 0 radical (unpaired) electrons. The second kappa shape index (κ2) is 5.47. The van der Waals surface area contributed by atoms with Gasteiger partial charge in [-0.1, -0.05) is 19.1 Å². The highest BCUT2D eigenvalue weighted by Gasteiger charge is 2.24. The Kier molecular flexibility index (Phi) is 3.93. The third kappa shape index (κ3) is 2.80. The van der Waals surface area contributed by atoms with Gasteiger partial charge in [0.1, 0.15) is 5.56 Å². The van der Waals surface area contributed by atoms with E-state index in [2.05, 4.69) is 24.2 Å². The predicted molar refractivity (Wildman–Crippen MR) is 71.4 cm³/mol. The molecule has 5 nitrogen and oxygen atoms in total. The van der Waals surface area contributed by atoms with Crippen LogP contribution in [0.4, 0.5) is 0 Å². The first kappa shape index (κ1) is 13.6. The zero-order valence-electron chi connectivity index (χ0n) is 11.6. The number of carboxylic acids is 1. The van der Waals surface area contributed by atoms with E-state index in [4.69, 9.17) is 4.74 Å². The number of aromatic carboxylic acids is 1. The first-order valence-electron chi connectivity index (χ1n) is 6.55. The molecule has 0 aliphatic heterocycles. The number of hydrogen-bond acceptors (Lipinski definition) is 3. The second-order valence-electron chi connectivity index (χ2n) is 5.19. The average molecular weight is 264 g/mol. The van der Waals surface area contributed by atoms with E-state index in [9.17, 15) is 9.90 Å². The number of allylic oxidation sites excluding steroid dienone is 2. The Hall–Kier alpha value is -1.78. The Bertz CT molecular complexity index is 505. The van der Waals surface area contributed by atoms with Crippen LogP contribution in [0.1, 0.15) is 35.8 Å². The van der Waals surface area contributed by atoms with Crippen LogP contribution in [-0.2, 0) is 7.05 Å². The molecule has 1 aliphatic rings. The minimum Gasteiger partial charge on any atom is -0.477 e. The summed E-state index contributed by atoms with van der Waals surface area (Å²) in [6, 6.07) is 0. The molecule has 1 aromatic rings. The summed E-state index contributed by atoms with van der Waals surface area (Å²) in [5.74, 6) is 0.360. The molecule has 0 saturated carbocycles. The van der Waals surface area contributed by atoms with E-state index >= 15 is 0 Å². The Balaban J connectivity index is 2.11. The van der Waals surface area contributed by atoms with Crippen LogP contribution in [-0.4, -0.2) is 27.5 Å². The highest BCUT2D eigenvalue weighted by atomic mass is 16.5. The van der Waals surface area contributed by atoms with Gasteiger partial charge >= 0.3 is 5.97 Å². The molecule has 2 rings (SSSR count). The summed E-state index contributed by atoms with van der Waals surface area (Å²) in [5.41, 5.74) is 0.656. The lowest BCUT2D eigenvalue weighted by atomic mass is 9.85. The van der Waals surface area contributed by atoms with Gasteiger partial charge < -0.3 is 9.84 Å². The Morgan fingerprint density at radius 1 is 1.53 bits per heavy atom. The fraction of sp³-hybridized carbons (Fsp3) is 0.571. The molecular weight excluding hydrogens is 244 g/mol. The summed E-state index contributed by atoms with van der Waals surface area (Å²) in [6.07, 6.45) is 6.41. The number of carbonyl (C=O) groups is 1. The van der Waals surface area contributed by atoms with Crippen molar-refractivity contribution in [3.8, 4) is 5.88 Å². The van der Waals surface area contributed by atoms with Crippen molar-refractivity contribution < 1.29 is 14.6 Å². The number of rotatable bonds is 4. The zero-order chi connectivity index (χ0) is 14.0. The second-order valence-corrected chi connectivity index (χ2v) is 5.19. The minimum atomic E-state index is -0.989. The van der Waals surface area contributed by atoms with E-state index in [0.29, 0.717) is 30.0 Å². The number of aromatic nitrogens is 2. The van der Waals surface area contributed by atoms with E-state index in [0.717, 1.165) is 12.8 Å². The van der Waals surface area contributed by atoms with Crippen molar-refractivity contribution in [3.63, 3.8) is 0 Å². The third-order valence-corrected chi connectivity index (χ3v) is 3.74. The summed E-state index contributed by atoms with van der Waals surface area (Å²) < 4.78 is 7.25. The van der Waals surface area contributed by atoms with Crippen LogP contribution in [0.15, 0.2) is 12.2 Å². The van der Waals surface area contributed by atoms with E-state index in [1.807, 2.05) is 0 Å². The number of aryl methyl sites for hydroxylation is 2. The van der Waals surface area contributed by atoms with Crippen LogP contribution < -0.4 is 4.74 Å². The minimum absolute atomic E-state index is 0.168. The standard InChI is InChI=1S/C14H20N2O3/c1-9-6-4-5-7-11(9)8-19-13-12(14(17)18)10(2)15-16(13)3/h4-5,9,11H,6-8H2,1-3H3,(H,17,18). The lowest BCUT2D eigenvalue weighted by molar-refractivity contribution is 0.0688. The largest absolute Gasteiger partial charge is 0.477 e. The molecule has 1 aliphatic carbocycles. The van der Waals surface area contributed by atoms with Gasteiger partial charge in [0.25, 0.3) is 0 Å². The van der Waals surface area contributed by atoms with Gasteiger partial charge in [0.15, 0.2) is 0 Å². The molecule has 0 saturated heterocycles. The van der Waals surface area contributed by atoms with E-state index in [1.165, 1.54) is 4.68 Å². The molecule has 1 heterocycles. The Labute approximate surface area is 112 Å². The summed E-state index contributed by atoms with van der Waals surface area (Å²) >= 11 is 0. The van der Waals surface area contributed by atoms with Gasteiger partial charge in [-0.3, -0.25) is 0 Å². The molecule has 0 spiro atoms. The van der Waals surface area contributed by atoms with E-state index in [1.54, 1.807) is 14.0 Å². The third-order valence-electron chi connectivity index (χ3n) is 3.74. The molecule has 1 N–H and O–H groups in total. The van der Waals surface area contributed by atoms with E-state index in [-0.39, 0.29) is 5.56 Å². The summed E-state index contributed by atoms with van der Waals surface area (Å²) in [4.78, 5) is 11.2.